The first-order valence-corrected chi connectivity index (χ1v) is 14.9. The zero-order valence-electron chi connectivity index (χ0n) is 25.6. The number of carbonyl (C=O) groups is 4. The van der Waals surface area contributed by atoms with Gasteiger partial charge < -0.3 is 47.4 Å². The highest BCUT2D eigenvalue weighted by molar-refractivity contribution is 6.03. The van der Waals surface area contributed by atoms with Crippen molar-refractivity contribution in [1.82, 2.24) is 0 Å². The Labute approximate surface area is 267 Å². The van der Waals surface area contributed by atoms with Crippen molar-refractivity contribution in [2.24, 2.45) is 0 Å². The van der Waals surface area contributed by atoms with Crippen molar-refractivity contribution < 1.29 is 66.5 Å². The molecule has 252 valence electrons. The molecular formula is C32H40O14. The highest BCUT2D eigenvalue weighted by Gasteiger charge is 2.20. The van der Waals surface area contributed by atoms with E-state index < -0.39 is 23.9 Å². The van der Waals surface area contributed by atoms with E-state index in [2.05, 4.69) is 0 Å². The summed E-state index contributed by atoms with van der Waals surface area (Å²) in [7, 11) is 0. The van der Waals surface area contributed by atoms with Gasteiger partial charge in [-0.15, -0.1) is 0 Å². The average Bonchev–Trinajstić information content (AvgIpc) is 3.08. The number of ether oxygens (including phenoxy) is 10. The lowest BCUT2D eigenvalue weighted by molar-refractivity contribution is -0.00810. The van der Waals surface area contributed by atoms with E-state index >= 15 is 0 Å². The standard InChI is InChI=1S/C32H40O14/c33-29-25-5-1-2-6-26(25)30(34)44-22-18-40-14-10-38-12-16-42-20-24-46-32(36)28-8-4-3-7-27(28)31(35)45-23-19-41-15-11-37-9-13-39-17-21-43-29/h1-8H,9-24H2. The summed E-state index contributed by atoms with van der Waals surface area (Å²) < 4.78 is 53.4. The third-order valence-corrected chi connectivity index (χ3v) is 6.07. The highest BCUT2D eigenvalue weighted by Crippen LogP contribution is 2.13. The fourth-order valence-corrected chi connectivity index (χ4v) is 3.85. The van der Waals surface area contributed by atoms with E-state index in [-0.39, 0.29) is 128 Å². The molecule has 0 amide bonds. The summed E-state index contributed by atoms with van der Waals surface area (Å²) >= 11 is 0. The lowest BCUT2D eigenvalue weighted by Gasteiger charge is -2.11. The smallest absolute Gasteiger partial charge is 0.339 e. The molecule has 0 bridgehead atoms. The fraction of sp³-hybridized carbons (Fsp3) is 0.500. The Morgan fingerprint density at radius 2 is 0.457 bits per heavy atom. The van der Waals surface area contributed by atoms with Gasteiger partial charge in [0.2, 0.25) is 0 Å². The minimum atomic E-state index is -0.671. The molecule has 3 rings (SSSR count). The van der Waals surface area contributed by atoms with E-state index in [0.717, 1.165) is 0 Å². The first-order valence-electron chi connectivity index (χ1n) is 14.9. The first-order chi connectivity index (χ1) is 22.6. The molecule has 1 aliphatic heterocycles. The Morgan fingerprint density at radius 3 is 0.652 bits per heavy atom. The van der Waals surface area contributed by atoms with E-state index in [0.29, 0.717) is 0 Å². The zero-order chi connectivity index (χ0) is 32.7. The number of benzene rings is 2. The molecule has 0 aromatic heterocycles. The van der Waals surface area contributed by atoms with Crippen LogP contribution in [0.25, 0.3) is 0 Å². The van der Waals surface area contributed by atoms with Crippen molar-refractivity contribution >= 4 is 23.9 Å². The maximum atomic E-state index is 12.5. The van der Waals surface area contributed by atoms with E-state index in [9.17, 15) is 19.2 Å². The second-order valence-corrected chi connectivity index (χ2v) is 9.31. The second kappa shape index (κ2) is 22.6. The Kier molecular flexibility index (Phi) is 17.9. The van der Waals surface area contributed by atoms with Crippen molar-refractivity contribution in [3.63, 3.8) is 0 Å². The molecule has 0 spiro atoms. The van der Waals surface area contributed by atoms with E-state index in [4.69, 9.17) is 47.4 Å². The Hall–Kier alpha value is -3.92. The second-order valence-electron chi connectivity index (χ2n) is 9.31. The molecular weight excluding hydrogens is 608 g/mol. The van der Waals surface area contributed by atoms with Gasteiger partial charge in [0.1, 0.15) is 26.4 Å². The van der Waals surface area contributed by atoms with Crippen molar-refractivity contribution in [2.75, 3.05) is 106 Å². The molecule has 0 saturated carbocycles. The SMILES string of the molecule is O=C1OCCOCCOCCOCCOC(=O)c2ccccc2C(=O)OCCOCCOCCOCCOC(=O)c2ccccc21. The fourth-order valence-electron chi connectivity index (χ4n) is 3.85. The molecule has 1 aliphatic rings. The molecule has 0 atom stereocenters. The van der Waals surface area contributed by atoms with Crippen molar-refractivity contribution in [3.8, 4) is 0 Å². The number of cyclic esters (lactones) is 4. The molecule has 0 fully saturated rings. The number of esters is 4. The predicted octanol–water partition coefficient (Wildman–Crippen LogP) is 2.13. The molecule has 14 heteroatoms. The molecule has 14 nitrogen and oxygen atoms in total. The molecule has 0 saturated heterocycles. The largest absolute Gasteiger partial charge is 0.460 e. The summed E-state index contributed by atoms with van der Waals surface area (Å²) in [5.41, 5.74) is 0.342. The quantitative estimate of drug-likeness (QED) is 0.302. The third-order valence-electron chi connectivity index (χ3n) is 6.07. The molecule has 0 aliphatic carbocycles. The van der Waals surface area contributed by atoms with Crippen LogP contribution in [0, 0.1) is 0 Å². The van der Waals surface area contributed by atoms with Gasteiger partial charge in [0.25, 0.3) is 0 Å². The number of hydrogen-bond acceptors (Lipinski definition) is 14. The molecule has 1 heterocycles. The van der Waals surface area contributed by atoms with Crippen LogP contribution in [-0.4, -0.2) is 130 Å². The summed E-state index contributed by atoms with van der Waals surface area (Å²) in [6, 6.07) is 12.4. The van der Waals surface area contributed by atoms with Gasteiger partial charge in [0.05, 0.1) is 102 Å². The van der Waals surface area contributed by atoms with Crippen LogP contribution in [0.2, 0.25) is 0 Å². The van der Waals surface area contributed by atoms with Crippen LogP contribution in [0.1, 0.15) is 41.4 Å². The topological polar surface area (TPSA) is 161 Å². The van der Waals surface area contributed by atoms with Crippen LogP contribution in [0.5, 0.6) is 0 Å². The number of fused-ring (bicyclic) bond motifs is 2. The van der Waals surface area contributed by atoms with Gasteiger partial charge in [-0.2, -0.15) is 0 Å². The normalized spacial score (nSPS) is 19.1. The van der Waals surface area contributed by atoms with Gasteiger partial charge in [0.15, 0.2) is 0 Å². The molecule has 0 unspecified atom stereocenters. The van der Waals surface area contributed by atoms with Crippen LogP contribution >= 0.6 is 0 Å². The van der Waals surface area contributed by atoms with Gasteiger partial charge in [-0.3, -0.25) is 0 Å². The first kappa shape index (κ1) is 36.5. The van der Waals surface area contributed by atoms with Crippen molar-refractivity contribution in [1.29, 1.82) is 0 Å². The number of hydrogen-bond donors (Lipinski definition) is 0. The minimum Gasteiger partial charge on any atom is -0.460 e. The molecule has 2 aromatic carbocycles. The number of carbonyl (C=O) groups excluding carboxylic acids is 4. The van der Waals surface area contributed by atoms with Gasteiger partial charge >= 0.3 is 23.9 Å². The van der Waals surface area contributed by atoms with Crippen LogP contribution in [0.15, 0.2) is 48.5 Å². The zero-order valence-corrected chi connectivity index (χ0v) is 25.6. The average molecular weight is 649 g/mol. The van der Waals surface area contributed by atoms with E-state index in [1.165, 1.54) is 24.3 Å². The summed E-state index contributed by atoms with van der Waals surface area (Å²) in [6.45, 7) is 2.70. The summed E-state index contributed by atoms with van der Waals surface area (Å²) in [6.07, 6.45) is 0. The van der Waals surface area contributed by atoms with Crippen LogP contribution < -0.4 is 0 Å². The summed E-state index contributed by atoms with van der Waals surface area (Å²) in [5.74, 6) is -2.69. The lowest BCUT2D eigenvalue weighted by atomic mass is 10.1. The van der Waals surface area contributed by atoms with Crippen molar-refractivity contribution in [2.45, 2.75) is 0 Å². The molecule has 46 heavy (non-hydrogen) atoms. The number of rotatable bonds is 0. The lowest BCUT2D eigenvalue weighted by Crippen LogP contribution is -2.19. The van der Waals surface area contributed by atoms with Crippen LogP contribution in [-0.2, 0) is 47.4 Å². The van der Waals surface area contributed by atoms with E-state index in [1.54, 1.807) is 24.3 Å². The van der Waals surface area contributed by atoms with Crippen LogP contribution in [0.3, 0.4) is 0 Å². The molecule has 0 radical (unpaired) electrons. The predicted molar refractivity (Wildman–Crippen MR) is 159 cm³/mol. The van der Waals surface area contributed by atoms with Gasteiger partial charge in [0, 0.05) is 0 Å². The van der Waals surface area contributed by atoms with Crippen LogP contribution in [0.4, 0.5) is 0 Å². The Balaban J connectivity index is 1.44. The van der Waals surface area contributed by atoms with Gasteiger partial charge in [-0.05, 0) is 24.3 Å². The van der Waals surface area contributed by atoms with E-state index in [1.807, 2.05) is 0 Å². The third kappa shape index (κ3) is 14.0. The maximum absolute atomic E-state index is 12.5. The molecule has 0 N–H and O–H groups in total. The summed E-state index contributed by atoms with van der Waals surface area (Å²) in [5, 5.41) is 0. The van der Waals surface area contributed by atoms with Crippen molar-refractivity contribution in [3.05, 3.63) is 70.8 Å². The van der Waals surface area contributed by atoms with Gasteiger partial charge in [-0.25, -0.2) is 19.2 Å². The summed E-state index contributed by atoms with van der Waals surface area (Å²) in [4.78, 5) is 50.1. The van der Waals surface area contributed by atoms with Gasteiger partial charge in [-0.1, -0.05) is 24.3 Å². The molecule has 2 aromatic rings. The minimum absolute atomic E-state index is 0.0161. The Morgan fingerprint density at radius 1 is 0.283 bits per heavy atom. The Bertz CT molecular complexity index is 1030. The highest BCUT2D eigenvalue weighted by atomic mass is 16.6. The maximum Gasteiger partial charge on any atom is 0.339 e. The monoisotopic (exact) mass is 648 g/mol.